The van der Waals surface area contributed by atoms with E-state index < -0.39 is 20.9 Å². The second-order valence-electron chi connectivity index (χ2n) is 7.32. The highest BCUT2D eigenvalue weighted by Crippen LogP contribution is 2.23. The van der Waals surface area contributed by atoms with E-state index in [4.69, 9.17) is 13.6 Å². The van der Waals surface area contributed by atoms with Crippen LogP contribution < -0.4 is 0 Å². The number of ether oxygens (including phenoxy) is 1. The zero-order chi connectivity index (χ0) is 24.3. The molecule has 180 valence electrons. The fourth-order valence-electron chi connectivity index (χ4n) is 3.38. The number of nitro groups is 1. The highest BCUT2D eigenvalue weighted by Gasteiger charge is 2.32. The van der Waals surface area contributed by atoms with E-state index in [1.54, 1.807) is 6.92 Å². The second kappa shape index (κ2) is 9.70. The summed E-state index contributed by atoms with van der Waals surface area (Å²) in [5.74, 6) is -0.309. The number of carbonyl (C=O) groups excluding carboxylic acids is 1. The lowest BCUT2D eigenvalue weighted by Gasteiger charge is -2.32. The van der Waals surface area contributed by atoms with E-state index in [0.29, 0.717) is 31.1 Å². The van der Waals surface area contributed by atoms with Gasteiger partial charge in [0.15, 0.2) is 0 Å². The normalized spacial score (nSPS) is 15.3. The van der Waals surface area contributed by atoms with Gasteiger partial charge in [0.05, 0.1) is 18.1 Å². The molecule has 1 aliphatic heterocycles. The number of nitrogens with zero attached hydrogens (tertiary/aromatic N) is 5. The Kier molecular flexibility index (Phi) is 6.72. The van der Waals surface area contributed by atoms with Crippen LogP contribution in [-0.2, 0) is 21.3 Å². The molecule has 0 saturated carbocycles. The zero-order valence-corrected chi connectivity index (χ0v) is 18.9. The van der Waals surface area contributed by atoms with Gasteiger partial charge in [-0.3, -0.25) is 15.0 Å². The number of carbonyl (C=O) groups is 1. The van der Waals surface area contributed by atoms with Gasteiger partial charge in [-0.05, 0) is 31.2 Å². The highest BCUT2D eigenvalue weighted by molar-refractivity contribution is 7.89. The third-order valence-corrected chi connectivity index (χ3v) is 6.91. The Labute approximate surface area is 194 Å². The van der Waals surface area contributed by atoms with Crippen molar-refractivity contribution in [3.63, 3.8) is 0 Å². The third kappa shape index (κ3) is 4.98. The molecule has 14 heteroatoms. The first kappa shape index (κ1) is 23.5. The van der Waals surface area contributed by atoms with Gasteiger partial charge in [0.25, 0.3) is 15.7 Å². The molecular weight excluding hydrogens is 470 g/mol. The van der Waals surface area contributed by atoms with Crippen LogP contribution in [0.5, 0.6) is 0 Å². The molecule has 1 aliphatic rings. The van der Waals surface area contributed by atoms with Crippen LogP contribution in [-0.4, -0.2) is 71.5 Å². The van der Waals surface area contributed by atoms with E-state index in [1.165, 1.54) is 40.7 Å². The molecule has 3 aromatic rings. The van der Waals surface area contributed by atoms with Crippen LogP contribution in [0.2, 0.25) is 0 Å². The minimum absolute atomic E-state index is 0.0389. The smallest absolute Gasteiger partial charge is 0.374 e. The number of aromatic nitrogens is 2. The van der Waals surface area contributed by atoms with Gasteiger partial charge in [-0.15, -0.1) is 10.2 Å². The molecule has 0 aliphatic carbocycles. The van der Waals surface area contributed by atoms with Crippen LogP contribution >= 0.6 is 0 Å². The zero-order valence-electron chi connectivity index (χ0n) is 18.1. The van der Waals surface area contributed by atoms with E-state index in [-0.39, 0.29) is 42.1 Å². The van der Waals surface area contributed by atoms with Crippen LogP contribution in [0.25, 0.3) is 11.5 Å². The third-order valence-electron chi connectivity index (χ3n) is 5.13. The predicted octanol–water partition coefficient (Wildman–Crippen LogP) is 1.92. The minimum Gasteiger partial charge on any atom is -0.460 e. The minimum atomic E-state index is -3.89. The van der Waals surface area contributed by atoms with Crippen LogP contribution in [0.4, 0.5) is 5.69 Å². The van der Waals surface area contributed by atoms with Gasteiger partial charge in [0, 0.05) is 43.9 Å². The van der Waals surface area contributed by atoms with Crippen molar-refractivity contribution < 1.29 is 31.7 Å². The van der Waals surface area contributed by atoms with Crippen LogP contribution in [0.1, 0.15) is 23.4 Å². The Morgan fingerprint density at radius 3 is 2.44 bits per heavy atom. The van der Waals surface area contributed by atoms with Crippen molar-refractivity contribution in [2.75, 3.05) is 32.8 Å². The Morgan fingerprint density at radius 1 is 1.09 bits per heavy atom. The van der Waals surface area contributed by atoms with Crippen molar-refractivity contribution in [2.45, 2.75) is 18.6 Å². The average molecular weight is 491 g/mol. The van der Waals surface area contributed by atoms with Gasteiger partial charge in [-0.1, -0.05) is 0 Å². The first-order valence-corrected chi connectivity index (χ1v) is 11.8. The van der Waals surface area contributed by atoms with Crippen molar-refractivity contribution in [3.05, 3.63) is 58.2 Å². The standard InChI is InChI=1S/C20H21N5O8S/c1-2-31-20(26)16-7-8-18(32-16)34(29,30)24-11-9-23(10-12-24)13-17-21-22-19(33-17)14-3-5-15(6-4-14)25(27)28/h3-8H,2,9-13H2,1H3. The van der Waals surface area contributed by atoms with E-state index in [2.05, 4.69) is 10.2 Å². The first-order valence-electron chi connectivity index (χ1n) is 10.3. The van der Waals surface area contributed by atoms with Crippen molar-refractivity contribution >= 4 is 21.7 Å². The molecule has 0 radical (unpaired) electrons. The summed E-state index contributed by atoms with van der Waals surface area (Å²) in [7, 11) is -3.89. The molecule has 2 aromatic heterocycles. The number of non-ortho nitro benzene ring substituents is 1. The number of sulfonamides is 1. The molecule has 1 aromatic carbocycles. The maximum absolute atomic E-state index is 12.9. The topological polar surface area (TPSA) is 162 Å². The summed E-state index contributed by atoms with van der Waals surface area (Å²) in [5, 5.41) is 18.5. The first-order chi connectivity index (χ1) is 16.3. The van der Waals surface area contributed by atoms with Crippen LogP contribution in [0.15, 0.2) is 50.3 Å². The molecule has 0 unspecified atom stereocenters. The van der Waals surface area contributed by atoms with Gasteiger partial charge < -0.3 is 13.6 Å². The molecule has 0 amide bonds. The summed E-state index contributed by atoms with van der Waals surface area (Å²) in [6.45, 7) is 3.37. The molecule has 13 nitrogen and oxygen atoms in total. The van der Waals surface area contributed by atoms with E-state index in [9.17, 15) is 23.3 Å². The number of benzene rings is 1. The van der Waals surface area contributed by atoms with Crippen molar-refractivity contribution in [1.29, 1.82) is 0 Å². The Bertz CT molecular complexity index is 1280. The SMILES string of the molecule is CCOC(=O)c1ccc(S(=O)(=O)N2CCN(Cc3nnc(-c4ccc([N+](=O)[O-])cc4)o3)CC2)o1. The van der Waals surface area contributed by atoms with E-state index >= 15 is 0 Å². The summed E-state index contributed by atoms with van der Waals surface area (Å²) in [4.78, 5) is 24.0. The number of esters is 1. The van der Waals surface area contributed by atoms with Gasteiger partial charge in [0.2, 0.25) is 22.6 Å². The fourth-order valence-corrected chi connectivity index (χ4v) is 4.71. The lowest BCUT2D eigenvalue weighted by molar-refractivity contribution is -0.384. The average Bonchev–Trinajstić information content (AvgIpc) is 3.50. The largest absolute Gasteiger partial charge is 0.460 e. The number of hydrogen-bond donors (Lipinski definition) is 0. The molecule has 34 heavy (non-hydrogen) atoms. The van der Waals surface area contributed by atoms with Gasteiger partial charge in [-0.25, -0.2) is 13.2 Å². The summed E-state index contributed by atoms with van der Waals surface area (Å²) in [6, 6.07) is 8.29. The van der Waals surface area contributed by atoms with Gasteiger partial charge in [-0.2, -0.15) is 4.31 Å². The Balaban J connectivity index is 1.34. The Morgan fingerprint density at radius 2 is 1.79 bits per heavy atom. The molecular formula is C20H21N5O8S. The van der Waals surface area contributed by atoms with Crippen molar-refractivity contribution in [2.24, 2.45) is 0 Å². The number of piperazine rings is 1. The lowest BCUT2D eigenvalue weighted by Crippen LogP contribution is -2.48. The van der Waals surface area contributed by atoms with E-state index in [0.717, 1.165) is 0 Å². The van der Waals surface area contributed by atoms with Crippen LogP contribution in [0.3, 0.4) is 0 Å². The highest BCUT2D eigenvalue weighted by atomic mass is 32.2. The maximum atomic E-state index is 12.9. The van der Waals surface area contributed by atoms with Crippen LogP contribution in [0, 0.1) is 10.1 Å². The number of hydrogen-bond acceptors (Lipinski definition) is 11. The maximum Gasteiger partial charge on any atom is 0.374 e. The molecule has 0 atom stereocenters. The van der Waals surface area contributed by atoms with E-state index in [1.807, 2.05) is 4.90 Å². The fraction of sp³-hybridized carbons (Fsp3) is 0.350. The molecule has 0 spiro atoms. The Hall–Kier alpha value is -3.62. The predicted molar refractivity (Wildman–Crippen MR) is 115 cm³/mol. The molecule has 1 fully saturated rings. The number of furan rings is 1. The van der Waals surface area contributed by atoms with Gasteiger partial charge in [0.1, 0.15) is 0 Å². The molecule has 0 bridgehead atoms. The second-order valence-corrected chi connectivity index (χ2v) is 9.19. The quantitative estimate of drug-likeness (QED) is 0.257. The van der Waals surface area contributed by atoms with Crippen molar-refractivity contribution in [3.8, 4) is 11.5 Å². The number of nitro benzene ring substituents is 1. The molecule has 4 rings (SSSR count). The van der Waals surface area contributed by atoms with Crippen molar-refractivity contribution in [1.82, 2.24) is 19.4 Å². The lowest BCUT2D eigenvalue weighted by atomic mass is 10.2. The monoisotopic (exact) mass is 491 g/mol. The summed E-state index contributed by atoms with van der Waals surface area (Å²) >= 11 is 0. The summed E-state index contributed by atoms with van der Waals surface area (Å²) in [5.41, 5.74) is 0.517. The summed E-state index contributed by atoms with van der Waals surface area (Å²) in [6.07, 6.45) is 0. The number of rotatable bonds is 8. The molecule has 1 saturated heterocycles. The molecule has 0 N–H and O–H groups in total. The molecule has 3 heterocycles. The van der Waals surface area contributed by atoms with Gasteiger partial charge >= 0.3 is 5.97 Å². The summed E-state index contributed by atoms with van der Waals surface area (Å²) < 4.78 is 42.7.